The van der Waals surface area contributed by atoms with Crippen molar-refractivity contribution in [2.45, 2.75) is 25.1 Å². The van der Waals surface area contributed by atoms with Gasteiger partial charge in [0.25, 0.3) is 0 Å². The Hall–Kier alpha value is -1.43. The van der Waals surface area contributed by atoms with Gasteiger partial charge >= 0.3 is 0 Å². The molecule has 0 saturated carbocycles. The van der Waals surface area contributed by atoms with Crippen LogP contribution in [0.25, 0.3) is 0 Å². The molecule has 5 heteroatoms. The van der Waals surface area contributed by atoms with Crippen LogP contribution in [-0.4, -0.2) is 44.2 Å². The van der Waals surface area contributed by atoms with Crippen LogP contribution in [0.2, 0.25) is 0 Å². The normalized spacial score (nSPS) is 22.6. The summed E-state index contributed by atoms with van der Waals surface area (Å²) >= 11 is 0. The van der Waals surface area contributed by atoms with Crippen molar-refractivity contribution in [2.24, 2.45) is 5.73 Å². The molecule has 20 heavy (non-hydrogen) atoms. The molecule has 0 spiro atoms. The van der Waals surface area contributed by atoms with Crippen LogP contribution in [0.5, 0.6) is 0 Å². The minimum absolute atomic E-state index is 0.0896. The van der Waals surface area contributed by atoms with E-state index in [4.69, 9.17) is 15.2 Å². The summed E-state index contributed by atoms with van der Waals surface area (Å²) in [5.74, 6) is 0.0896. The molecule has 5 nitrogen and oxygen atoms in total. The van der Waals surface area contributed by atoms with E-state index in [1.54, 1.807) is 14.2 Å². The van der Waals surface area contributed by atoms with Crippen molar-refractivity contribution in [3.63, 3.8) is 0 Å². The molecule has 1 aliphatic heterocycles. The van der Waals surface area contributed by atoms with Crippen LogP contribution in [0.15, 0.2) is 24.3 Å². The predicted molar refractivity (Wildman–Crippen MR) is 76.1 cm³/mol. The lowest BCUT2D eigenvalue weighted by molar-refractivity contribution is -0.129. The van der Waals surface area contributed by atoms with Gasteiger partial charge in [-0.1, -0.05) is 24.3 Å². The molecular formula is C15H22N2O3. The Kier molecular flexibility index (Phi) is 5.11. The molecule has 1 fully saturated rings. The fraction of sp³-hybridized carbons (Fsp3) is 0.533. The maximum absolute atomic E-state index is 12.1. The zero-order valence-electron chi connectivity index (χ0n) is 12.0. The van der Waals surface area contributed by atoms with Gasteiger partial charge in [-0.05, 0) is 11.1 Å². The molecular weight excluding hydrogens is 256 g/mol. The van der Waals surface area contributed by atoms with Gasteiger partial charge in [-0.15, -0.1) is 0 Å². The number of benzene rings is 1. The summed E-state index contributed by atoms with van der Waals surface area (Å²) in [6, 6.07) is 7.71. The van der Waals surface area contributed by atoms with E-state index in [0.717, 1.165) is 11.1 Å². The molecule has 1 heterocycles. The Bertz CT molecular complexity index is 464. The number of carbonyl (C=O) groups excluding carboxylic acids is 1. The van der Waals surface area contributed by atoms with E-state index < -0.39 is 0 Å². The van der Waals surface area contributed by atoms with Gasteiger partial charge in [0.1, 0.15) is 0 Å². The zero-order chi connectivity index (χ0) is 14.5. The first-order chi connectivity index (χ1) is 9.69. The Labute approximate surface area is 119 Å². The highest BCUT2D eigenvalue weighted by Crippen LogP contribution is 2.33. The molecule has 0 bridgehead atoms. The fourth-order valence-electron chi connectivity index (χ4n) is 2.78. The summed E-state index contributed by atoms with van der Waals surface area (Å²) < 4.78 is 10.3. The van der Waals surface area contributed by atoms with Crippen LogP contribution in [0, 0.1) is 0 Å². The molecule has 0 aromatic heterocycles. The Morgan fingerprint density at radius 1 is 1.30 bits per heavy atom. The molecule has 2 N–H and O–H groups in total. The molecule has 1 aromatic carbocycles. The number of nitrogens with zero attached hydrogens (tertiary/aromatic N) is 1. The number of nitrogens with two attached hydrogens (primary N) is 1. The van der Waals surface area contributed by atoms with Crippen molar-refractivity contribution < 1.29 is 14.3 Å². The number of ether oxygens (including phenoxy) is 2. The van der Waals surface area contributed by atoms with Gasteiger partial charge in [-0.25, -0.2) is 0 Å². The van der Waals surface area contributed by atoms with Crippen molar-refractivity contribution >= 4 is 5.91 Å². The third-order valence-corrected chi connectivity index (χ3v) is 3.68. The van der Waals surface area contributed by atoms with Crippen LogP contribution < -0.4 is 5.73 Å². The average Bonchev–Trinajstić information content (AvgIpc) is 2.72. The number of carbonyl (C=O) groups is 1. The van der Waals surface area contributed by atoms with Gasteiger partial charge in [0.15, 0.2) is 0 Å². The summed E-state index contributed by atoms with van der Waals surface area (Å²) in [7, 11) is 3.30. The first-order valence-electron chi connectivity index (χ1n) is 6.79. The summed E-state index contributed by atoms with van der Waals surface area (Å²) in [5, 5.41) is 0. The highest BCUT2D eigenvalue weighted by molar-refractivity contribution is 5.80. The molecule has 2 unspecified atom stereocenters. The van der Waals surface area contributed by atoms with Gasteiger partial charge in [-0.2, -0.15) is 0 Å². The standard InChI is InChI=1S/C15H22N2O3/c1-19-8-7-17-14(18)9-13(16)15(17)12-6-4-3-5-11(12)10-20-2/h3-6,13,15H,7-10,16H2,1-2H3. The Balaban J connectivity index is 2.30. The molecule has 1 aliphatic rings. The third-order valence-electron chi connectivity index (χ3n) is 3.68. The van der Waals surface area contributed by atoms with E-state index in [0.29, 0.717) is 26.2 Å². The monoisotopic (exact) mass is 278 g/mol. The number of rotatable bonds is 6. The number of hydrogen-bond acceptors (Lipinski definition) is 4. The van der Waals surface area contributed by atoms with E-state index >= 15 is 0 Å². The second-order valence-electron chi connectivity index (χ2n) is 5.02. The van der Waals surface area contributed by atoms with Crippen molar-refractivity contribution in [1.29, 1.82) is 0 Å². The summed E-state index contributed by atoms with van der Waals surface area (Å²) in [4.78, 5) is 13.9. The highest BCUT2D eigenvalue weighted by Gasteiger charge is 2.39. The number of likely N-dealkylation sites (tertiary alicyclic amines) is 1. The molecule has 110 valence electrons. The van der Waals surface area contributed by atoms with Crippen molar-refractivity contribution in [1.82, 2.24) is 4.90 Å². The summed E-state index contributed by atoms with van der Waals surface area (Å²) in [5.41, 5.74) is 8.33. The van der Waals surface area contributed by atoms with Crippen molar-refractivity contribution in [3.8, 4) is 0 Å². The van der Waals surface area contributed by atoms with Crippen LogP contribution in [0.3, 0.4) is 0 Å². The van der Waals surface area contributed by atoms with Crippen LogP contribution in [-0.2, 0) is 20.9 Å². The SMILES string of the molecule is COCCN1C(=O)CC(N)C1c1ccccc1COC. The van der Waals surface area contributed by atoms with E-state index in [1.165, 1.54) is 0 Å². The quantitative estimate of drug-likeness (QED) is 0.845. The van der Waals surface area contributed by atoms with Crippen LogP contribution in [0.1, 0.15) is 23.6 Å². The number of amides is 1. The predicted octanol–water partition coefficient (Wildman–Crippen LogP) is 1.08. The molecule has 2 atom stereocenters. The van der Waals surface area contributed by atoms with E-state index in [9.17, 15) is 4.79 Å². The molecule has 2 rings (SSSR count). The molecule has 1 amide bonds. The third kappa shape index (κ3) is 3.00. The second-order valence-corrected chi connectivity index (χ2v) is 5.02. The largest absolute Gasteiger partial charge is 0.383 e. The number of hydrogen-bond donors (Lipinski definition) is 1. The molecule has 0 aliphatic carbocycles. The maximum Gasteiger partial charge on any atom is 0.224 e. The van der Waals surface area contributed by atoms with Gasteiger partial charge in [0.05, 0.1) is 19.3 Å². The highest BCUT2D eigenvalue weighted by atomic mass is 16.5. The second kappa shape index (κ2) is 6.83. The summed E-state index contributed by atoms with van der Waals surface area (Å²) in [6.45, 7) is 1.60. The van der Waals surface area contributed by atoms with Crippen LogP contribution >= 0.6 is 0 Å². The topological polar surface area (TPSA) is 64.8 Å². The Morgan fingerprint density at radius 2 is 2.05 bits per heavy atom. The maximum atomic E-state index is 12.1. The smallest absolute Gasteiger partial charge is 0.224 e. The molecule has 1 saturated heterocycles. The van der Waals surface area contributed by atoms with E-state index in [1.807, 2.05) is 29.2 Å². The van der Waals surface area contributed by atoms with Crippen LogP contribution in [0.4, 0.5) is 0 Å². The van der Waals surface area contributed by atoms with E-state index in [-0.39, 0.29) is 18.0 Å². The number of methoxy groups -OCH3 is 2. The average molecular weight is 278 g/mol. The molecule has 1 aromatic rings. The minimum atomic E-state index is -0.183. The zero-order valence-corrected chi connectivity index (χ0v) is 12.0. The lowest BCUT2D eigenvalue weighted by atomic mass is 9.96. The first kappa shape index (κ1) is 15.0. The van der Waals surface area contributed by atoms with Gasteiger partial charge in [0.2, 0.25) is 5.91 Å². The first-order valence-corrected chi connectivity index (χ1v) is 6.79. The Morgan fingerprint density at radius 3 is 2.75 bits per heavy atom. The lowest BCUT2D eigenvalue weighted by Crippen LogP contribution is -2.35. The van der Waals surface area contributed by atoms with Gasteiger partial charge in [0, 0.05) is 33.2 Å². The minimum Gasteiger partial charge on any atom is -0.383 e. The fourth-order valence-corrected chi connectivity index (χ4v) is 2.78. The van der Waals surface area contributed by atoms with Crippen molar-refractivity contribution in [2.75, 3.05) is 27.4 Å². The van der Waals surface area contributed by atoms with E-state index in [2.05, 4.69) is 0 Å². The van der Waals surface area contributed by atoms with Gasteiger partial charge in [-0.3, -0.25) is 4.79 Å². The molecule has 0 radical (unpaired) electrons. The lowest BCUT2D eigenvalue weighted by Gasteiger charge is -2.28. The van der Waals surface area contributed by atoms with Gasteiger partial charge < -0.3 is 20.1 Å². The van der Waals surface area contributed by atoms with Crippen molar-refractivity contribution in [3.05, 3.63) is 35.4 Å². The summed E-state index contributed by atoms with van der Waals surface area (Å²) in [6.07, 6.45) is 0.385.